The quantitative estimate of drug-likeness (QED) is 0.433. The van der Waals surface area contributed by atoms with Crippen LogP contribution in [0.25, 0.3) is 11.1 Å². The van der Waals surface area contributed by atoms with Crippen LogP contribution in [0.5, 0.6) is 0 Å². The van der Waals surface area contributed by atoms with E-state index in [-0.39, 0.29) is 29.7 Å². The van der Waals surface area contributed by atoms with Gasteiger partial charge in [-0.15, -0.1) is 0 Å². The molecule has 0 radical (unpaired) electrons. The van der Waals surface area contributed by atoms with E-state index in [0.29, 0.717) is 32.5 Å². The largest absolute Gasteiger partial charge is 0.444 e. The Morgan fingerprint density at radius 3 is 2.80 bits per heavy atom. The normalized spacial score (nSPS) is 19.9. The Hall–Kier alpha value is -4.08. The molecule has 210 valence electrons. The van der Waals surface area contributed by atoms with Crippen molar-refractivity contribution in [2.45, 2.75) is 58.5 Å². The monoisotopic (exact) mass is 546 g/mol. The highest BCUT2D eigenvalue weighted by atomic mass is 19.1. The van der Waals surface area contributed by atoms with Gasteiger partial charge in [-0.05, 0) is 75.8 Å². The second-order valence-electron chi connectivity index (χ2n) is 11.5. The zero-order chi connectivity index (χ0) is 28.4. The van der Waals surface area contributed by atoms with Crippen molar-refractivity contribution in [3.63, 3.8) is 0 Å². The summed E-state index contributed by atoms with van der Waals surface area (Å²) in [5, 5.41) is 4.58. The van der Waals surface area contributed by atoms with Gasteiger partial charge in [0.2, 0.25) is 5.95 Å². The predicted octanol–water partition coefficient (Wildman–Crippen LogP) is 5.28. The first-order valence-electron chi connectivity index (χ1n) is 13.6. The summed E-state index contributed by atoms with van der Waals surface area (Å²) < 4.78 is 19.9. The molecule has 0 spiro atoms. The van der Waals surface area contributed by atoms with E-state index in [1.165, 1.54) is 6.07 Å². The Morgan fingerprint density at radius 2 is 2.05 bits per heavy atom. The third-order valence-electron chi connectivity index (χ3n) is 7.20. The first-order valence-corrected chi connectivity index (χ1v) is 13.6. The van der Waals surface area contributed by atoms with Gasteiger partial charge in [0.05, 0.1) is 17.1 Å². The van der Waals surface area contributed by atoms with Gasteiger partial charge < -0.3 is 20.2 Å². The minimum absolute atomic E-state index is 0.0338. The summed E-state index contributed by atoms with van der Waals surface area (Å²) in [7, 11) is 0. The number of nitrogen functional groups attached to an aromatic ring is 1. The number of pyridine rings is 1. The fourth-order valence-electron chi connectivity index (χ4n) is 5.46. The smallest absolute Gasteiger partial charge is 0.410 e. The van der Waals surface area contributed by atoms with Crippen molar-refractivity contribution in [3.05, 3.63) is 71.1 Å². The molecule has 1 fully saturated rings. The molecule has 2 atom stereocenters. The number of fused-ring (bicyclic) bond motifs is 1. The van der Waals surface area contributed by atoms with E-state index in [1.54, 1.807) is 23.4 Å². The number of ether oxygens (including phenoxy) is 1. The molecule has 40 heavy (non-hydrogen) atoms. The SMILES string of the molecule is Cc1nc(N)nc2c1C(=NOCC1CCN(C(=O)OC(C)(C)C)C1)CC(c1ccc(F)cc1-c1cccnc1)C2. The van der Waals surface area contributed by atoms with E-state index in [0.717, 1.165) is 45.8 Å². The molecule has 3 heterocycles. The third kappa shape index (κ3) is 6.21. The average molecular weight is 547 g/mol. The van der Waals surface area contributed by atoms with Crippen LogP contribution in [-0.4, -0.2) is 57.0 Å². The van der Waals surface area contributed by atoms with Crippen molar-refractivity contribution in [3.8, 4) is 11.1 Å². The van der Waals surface area contributed by atoms with Gasteiger partial charge in [0.1, 0.15) is 18.0 Å². The average Bonchev–Trinajstić information content (AvgIpc) is 3.37. The molecule has 1 amide bonds. The number of benzene rings is 1. The highest BCUT2D eigenvalue weighted by molar-refractivity contribution is 6.03. The molecule has 2 aliphatic rings. The number of halogens is 1. The van der Waals surface area contributed by atoms with Gasteiger partial charge in [-0.2, -0.15) is 0 Å². The molecule has 10 heteroatoms. The van der Waals surface area contributed by atoms with E-state index in [9.17, 15) is 9.18 Å². The third-order valence-corrected chi connectivity index (χ3v) is 7.20. The maximum atomic E-state index is 14.4. The van der Waals surface area contributed by atoms with Crippen LogP contribution in [0.3, 0.4) is 0 Å². The number of nitrogens with zero attached hydrogens (tertiary/aromatic N) is 5. The number of nitrogens with two attached hydrogens (primary N) is 1. The standard InChI is InChI=1S/C30H35FN6O3/c1-18-27-25(35-28(32)34-18)12-21(23-8-7-22(31)14-24(23)20-6-5-10-33-15-20)13-26(27)36-39-17-19-9-11-37(16-19)29(38)40-30(2,3)4/h5-8,10,14-15,19,21H,9,11-13,16-17H2,1-4H3,(H2,32,34,35). The van der Waals surface area contributed by atoms with Crippen LogP contribution in [0.15, 0.2) is 47.9 Å². The van der Waals surface area contributed by atoms with Crippen molar-refractivity contribution in [1.82, 2.24) is 19.9 Å². The zero-order valence-corrected chi connectivity index (χ0v) is 23.4. The van der Waals surface area contributed by atoms with Crippen LogP contribution in [0.4, 0.5) is 15.1 Å². The molecular weight excluding hydrogens is 511 g/mol. The van der Waals surface area contributed by atoms with E-state index >= 15 is 0 Å². The highest BCUT2D eigenvalue weighted by Crippen LogP contribution is 2.38. The summed E-state index contributed by atoms with van der Waals surface area (Å²) in [5.74, 6) is 0.00894. The Morgan fingerprint density at radius 1 is 1.23 bits per heavy atom. The lowest BCUT2D eigenvalue weighted by Crippen LogP contribution is -2.35. The van der Waals surface area contributed by atoms with Gasteiger partial charge >= 0.3 is 6.09 Å². The Bertz CT molecular complexity index is 1420. The molecule has 1 saturated heterocycles. The maximum absolute atomic E-state index is 14.4. The van der Waals surface area contributed by atoms with Gasteiger partial charge in [0, 0.05) is 48.9 Å². The van der Waals surface area contributed by atoms with E-state index in [1.807, 2.05) is 45.9 Å². The number of aryl methyl sites for hydroxylation is 1. The lowest BCUT2D eigenvalue weighted by atomic mass is 9.78. The topological polar surface area (TPSA) is 116 Å². The number of amides is 1. The minimum atomic E-state index is -0.534. The van der Waals surface area contributed by atoms with Gasteiger partial charge in [-0.1, -0.05) is 17.3 Å². The fourth-order valence-corrected chi connectivity index (χ4v) is 5.46. The van der Waals surface area contributed by atoms with Crippen molar-refractivity contribution in [2.24, 2.45) is 11.1 Å². The number of oxime groups is 1. The minimum Gasteiger partial charge on any atom is -0.444 e. The summed E-state index contributed by atoms with van der Waals surface area (Å²) in [5.41, 5.74) is 11.2. The Balaban J connectivity index is 1.38. The predicted molar refractivity (Wildman–Crippen MR) is 150 cm³/mol. The van der Waals surface area contributed by atoms with Gasteiger partial charge in [-0.3, -0.25) is 4.98 Å². The molecule has 2 unspecified atom stereocenters. The second kappa shape index (κ2) is 11.2. The van der Waals surface area contributed by atoms with Crippen molar-refractivity contribution in [2.75, 3.05) is 25.4 Å². The van der Waals surface area contributed by atoms with Crippen molar-refractivity contribution < 1.29 is 18.8 Å². The number of carbonyl (C=O) groups excluding carboxylic acids is 1. The molecule has 0 saturated carbocycles. The molecule has 5 rings (SSSR count). The van der Waals surface area contributed by atoms with Crippen LogP contribution in [0, 0.1) is 18.7 Å². The molecule has 1 aromatic carbocycles. The molecule has 0 bridgehead atoms. The number of anilines is 1. The highest BCUT2D eigenvalue weighted by Gasteiger charge is 2.32. The number of rotatable bonds is 5. The maximum Gasteiger partial charge on any atom is 0.410 e. The zero-order valence-electron chi connectivity index (χ0n) is 23.4. The van der Waals surface area contributed by atoms with Crippen LogP contribution in [-0.2, 0) is 16.0 Å². The number of likely N-dealkylation sites (tertiary alicyclic amines) is 1. The molecule has 1 aliphatic carbocycles. The van der Waals surface area contributed by atoms with Gasteiger partial charge in [0.25, 0.3) is 0 Å². The lowest BCUT2D eigenvalue weighted by molar-refractivity contribution is 0.0275. The number of carbonyl (C=O) groups is 1. The number of hydrogen-bond acceptors (Lipinski definition) is 8. The molecule has 9 nitrogen and oxygen atoms in total. The number of aromatic nitrogens is 3. The van der Waals surface area contributed by atoms with Crippen LogP contribution < -0.4 is 5.73 Å². The molecular formula is C30H35FN6O3. The van der Waals surface area contributed by atoms with Gasteiger partial charge in [0.15, 0.2) is 0 Å². The lowest BCUT2D eigenvalue weighted by Gasteiger charge is -2.28. The Labute approximate surface area is 233 Å². The van der Waals surface area contributed by atoms with Crippen molar-refractivity contribution >= 4 is 17.8 Å². The number of hydrogen-bond donors (Lipinski definition) is 1. The van der Waals surface area contributed by atoms with E-state index < -0.39 is 5.60 Å². The summed E-state index contributed by atoms with van der Waals surface area (Å²) in [6, 6.07) is 8.62. The van der Waals surface area contributed by atoms with Crippen molar-refractivity contribution in [1.29, 1.82) is 0 Å². The van der Waals surface area contributed by atoms with E-state index in [4.69, 9.17) is 15.3 Å². The molecule has 2 aromatic heterocycles. The molecule has 3 aromatic rings. The van der Waals surface area contributed by atoms with Crippen LogP contribution in [0.1, 0.15) is 62.0 Å². The van der Waals surface area contributed by atoms with Crippen LogP contribution in [0.2, 0.25) is 0 Å². The molecule has 1 aliphatic heterocycles. The summed E-state index contributed by atoms with van der Waals surface area (Å²) in [6.07, 6.45) is 5.11. The first kappa shape index (κ1) is 27.5. The molecule has 2 N–H and O–H groups in total. The summed E-state index contributed by atoms with van der Waals surface area (Å²) in [6.45, 7) is 9.02. The van der Waals surface area contributed by atoms with Gasteiger partial charge in [-0.25, -0.2) is 19.2 Å². The second-order valence-corrected chi connectivity index (χ2v) is 11.5. The first-order chi connectivity index (χ1) is 19.1. The van der Waals surface area contributed by atoms with E-state index in [2.05, 4.69) is 20.1 Å². The van der Waals surface area contributed by atoms with Crippen LogP contribution >= 0.6 is 0 Å². The summed E-state index contributed by atoms with van der Waals surface area (Å²) in [4.78, 5) is 33.2. The fraction of sp³-hybridized carbons (Fsp3) is 0.433. The Kier molecular flexibility index (Phi) is 7.69. The summed E-state index contributed by atoms with van der Waals surface area (Å²) >= 11 is 0.